The zero-order valence-electron chi connectivity index (χ0n) is 11.4. The van der Waals surface area contributed by atoms with E-state index < -0.39 is 23.0 Å². The summed E-state index contributed by atoms with van der Waals surface area (Å²) >= 11 is 0. The molecular formula is C15H16N2O3. The fraction of sp³-hybridized carbons (Fsp3) is 0.467. The van der Waals surface area contributed by atoms with Crippen molar-refractivity contribution in [2.75, 3.05) is 5.32 Å². The molecule has 104 valence electrons. The Kier molecular flexibility index (Phi) is 1.92. The van der Waals surface area contributed by atoms with Gasteiger partial charge in [0.25, 0.3) is 5.91 Å². The first-order valence-electron chi connectivity index (χ1n) is 6.84. The minimum absolute atomic E-state index is 0.0911. The van der Waals surface area contributed by atoms with Crippen molar-refractivity contribution in [1.29, 1.82) is 0 Å². The Morgan fingerprint density at radius 1 is 1.30 bits per heavy atom. The van der Waals surface area contributed by atoms with Crippen LogP contribution in [0.4, 0.5) is 5.69 Å². The van der Waals surface area contributed by atoms with Crippen molar-refractivity contribution in [2.45, 2.75) is 31.4 Å². The molecule has 3 atom stereocenters. The summed E-state index contributed by atoms with van der Waals surface area (Å²) < 4.78 is 0. The third kappa shape index (κ3) is 1.13. The van der Waals surface area contributed by atoms with Gasteiger partial charge in [0.15, 0.2) is 5.60 Å². The van der Waals surface area contributed by atoms with Gasteiger partial charge in [-0.1, -0.05) is 12.1 Å². The predicted molar refractivity (Wildman–Crippen MR) is 71.9 cm³/mol. The smallest absolute Gasteiger partial charge is 0.261 e. The molecule has 1 fully saturated rings. The molecule has 1 aliphatic carbocycles. The van der Waals surface area contributed by atoms with Gasteiger partial charge in [0.05, 0.1) is 5.92 Å². The number of carbonyl (C=O) groups excluding carboxylic acids is 2. The number of aliphatic hydroxyl groups is 1. The van der Waals surface area contributed by atoms with Gasteiger partial charge in [0.1, 0.15) is 0 Å². The van der Waals surface area contributed by atoms with Crippen LogP contribution in [0.2, 0.25) is 0 Å². The first kappa shape index (κ1) is 11.9. The minimum atomic E-state index is -1.73. The SMILES string of the molecule is CC1(C)NC(=O)[C@@H]2[C@H]1Cc1cccc3c1[C@@]2(O)C(=O)N3. The summed E-state index contributed by atoms with van der Waals surface area (Å²) in [7, 11) is 0. The molecule has 1 aromatic carbocycles. The molecule has 0 bridgehead atoms. The van der Waals surface area contributed by atoms with E-state index in [-0.39, 0.29) is 11.8 Å². The van der Waals surface area contributed by atoms with E-state index in [4.69, 9.17) is 0 Å². The standard InChI is InChI=1S/C15H16N2O3/c1-14(2)8-6-7-4-3-5-9-10(7)15(20,13(19)16-9)11(8)12(18)17-14/h3-5,8,11,20H,6H2,1-2H3,(H,16,19)(H,17,18)/t8-,11+,15+/m1/s1. The topological polar surface area (TPSA) is 78.4 Å². The summed E-state index contributed by atoms with van der Waals surface area (Å²) in [5.41, 5.74) is 0.0278. The molecular weight excluding hydrogens is 256 g/mol. The van der Waals surface area contributed by atoms with Gasteiger partial charge in [0, 0.05) is 22.7 Å². The average Bonchev–Trinajstić information content (AvgIpc) is 2.74. The minimum Gasteiger partial charge on any atom is -0.375 e. The van der Waals surface area contributed by atoms with Crippen LogP contribution >= 0.6 is 0 Å². The number of nitrogens with one attached hydrogen (secondary N) is 2. The van der Waals surface area contributed by atoms with E-state index in [2.05, 4.69) is 10.6 Å². The van der Waals surface area contributed by atoms with Crippen LogP contribution in [0, 0.1) is 11.8 Å². The molecule has 20 heavy (non-hydrogen) atoms. The fourth-order valence-electron chi connectivity index (χ4n) is 4.13. The maximum Gasteiger partial charge on any atom is 0.261 e. The number of fused-ring (bicyclic) bond motifs is 2. The van der Waals surface area contributed by atoms with E-state index in [9.17, 15) is 14.7 Å². The Morgan fingerprint density at radius 3 is 2.80 bits per heavy atom. The molecule has 3 aliphatic rings. The van der Waals surface area contributed by atoms with E-state index in [0.717, 1.165) is 5.56 Å². The van der Waals surface area contributed by atoms with Crippen LogP contribution in [0.1, 0.15) is 25.0 Å². The van der Waals surface area contributed by atoms with Crippen molar-refractivity contribution in [3.63, 3.8) is 0 Å². The lowest BCUT2D eigenvalue weighted by atomic mass is 9.63. The first-order valence-corrected chi connectivity index (χ1v) is 6.84. The van der Waals surface area contributed by atoms with E-state index in [1.807, 2.05) is 26.0 Å². The van der Waals surface area contributed by atoms with Crippen LogP contribution in [-0.4, -0.2) is 22.5 Å². The molecule has 5 heteroatoms. The van der Waals surface area contributed by atoms with Gasteiger partial charge in [-0.25, -0.2) is 0 Å². The van der Waals surface area contributed by atoms with Crippen LogP contribution in [0.3, 0.4) is 0 Å². The largest absolute Gasteiger partial charge is 0.375 e. The highest BCUT2D eigenvalue weighted by atomic mass is 16.3. The average molecular weight is 272 g/mol. The van der Waals surface area contributed by atoms with Crippen molar-refractivity contribution < 1.29 is 14.7 Å². The van der Waals surface area contributed by atoms with Gasteiger partial charge in [-0.3, -0.25) is 9.59 Å². The molecule has 0 spiro atoms. The quantitative estimate of drug-likeness (QED) is 0.644. The van der Waals surface area contributed by atoms with Crippen LogP contribution in [-0.2, 0) is 21.6 Å². The lowest BCUT2D eigenvalue weighted by Gasteiger charge is -2.39. The fourth-order valence-corrected chi connectivity index (χ4v) is 4.13. The summed E-state index contributed by atoms with van der Waals surface area (Å²) in [5.74, 6) is -1.53. The van der Waals surface area contributed by atoms with Gasteiger partial charge in [0.2, 0.25) is 5.91 Å². The molecule has 2 heterocycles. The molecule has 0 radical (unpaired) electrons. The van der Waals surface area contributed by atoms with Crippen LogP contribution in [0.25, 0.3) is 0 Å². The molecule has 0 saturated carbocycles. The summed E-state index contributed by atoms with van der Waals surface area (Å²) in [6.45, 7) is 3.89. The Balaban J connectivity index is 2.01. The molecule has 2 amide bonds. The summed E-state index contributed by atoms with van der Waals surface area (Å²) in [5, 5.41) is 16.7. The number of hydrogen-bond acceptors (Lipinski definition) is 3. The maximum absolute atomic E-state index is 12.3. The van der Waals surface area contributed by atoms with Crippen molar-refractivity contribution >= 4 is 17.5 Å². The highest BCUT2D eigenvalue weighted by molar-refractivity contribution is 6.09. The van der Waals surface area contributed by atoms with Crippen molar-refractivity contribution in [2.24, 2.45) is 11.8 Å². The number of rotatable bonds is 0. The van der Waals surface area contributed by atoms with Gasteiger partial charge in [-0.15, -0.1) is 0 Å². The van der Waals surface area contributed by atoms with Crippen LogP contribution < -0.4 is 10.6 Å². The molecule has 4 rings (SSSR count). The zero-order valence-corrected chi connectivity index (χ0v) is 11.4. The summed E-state index contributed by atoms with van der Waals surface area (Å²) in [6, 6.07) is 5.57. The van der Waals surface area contributed by atoms with E-state index in [0.29, 0.717) is 17.7 Å². The van der Waals surface area contributed by atoms with E-state index in [1.165, 1.54) is 0 Å². The number of benzene rings is 1. The highest BCUT2D eigenvalue weighted by Crippen LogP contribution is 2.54. The van der Waals surface area contributed by atoms with Gasteiger partial charge < -0.3 is 15.7 Å². The van der Waals surface area contributed by atoms with Gasteiger partial charge in [-0.2, -0.15) is 0 Å². The second kappa shape index (κ2) is 3.23. The second-order valence-corrected chi connectivity index (χ2v) is 6.56. The normalized spacial score (nSPS) is 36.1. The third-order valence-electron chi connectivity index (χ3n) is 5.07. The van der Waals surface area contributed by atoms with Crippen LogP contribution in [0.15, 0.2) is 18.2 Å². The molecule has 1 aromatic rings. The molecule has 0 unspecified atom stereocenters. The third-order valence-corrected chi connectivity index (χ3v) is 5.07. The van der Waals surface area contributed by atoms with Crippen LogP contribution in [0.5, 0.6) is 0 Å². The highest BCUT2D eigenvalue weighted by Gasteiger charge is 2.65. The molecule has 1 saturated heterocycles. The first-order chi connectivity index (χ1) is 9.35. The number of hydrogen-bond donors (Lipinski definition) is 3. The lowest BCUT2D eigenvalue weighted by Crippen LogP contribution is -2.51. The van der Waals surface area contributed by atoms with Crippen molar-refractivity contribution in [3.8, 4) is 0 Å². The van der Waals surface area contributed by atoms with Crippen molar-refractivity contribution in [1.82, 2.24) is 5.32 Å². The number of amides is 2. The lowest BCUT2D eigenvalue weighted by molar-refractivity contribution is -0.150. The molecule has 0 aromatic heterocycles. The second-order valence-electron chi connectivity index (χ2n) is 6.56. The van der Waals surface area contributed by atoms with Gasteiger partial charge in [-0.05, 0) is 31.9 Å². The van der Waals surface area contributed by atoms with Crippen molar-refractivity contribution in [3.05, 3.63) is 29.3 Å². The number of anilines is 1. The summed E-state index contributed by atoms with van der Waals surface area (Å²) in [4.78, 5) is 24.7. The zero-order chi connectivity index (χ0) is 14.3. The molecule has 2 aliphatic heterocycles. The Morgan fingerprint density at radius 2 is 2.05 bits per heavy atom. The monoisotopic (exact) mass is 272 g/mol. The number of carbonyl (C=O) groups is 2. The maximum atomic E-state index is 12.3. The molecule has 3 N–H and O–H groups in total. The van der Waals surface area contributed by atoms with E-state index in [1.54, 1.807) is 6.07 Å². The Labute approximate surface area is 116 Å². The summed E-state index contributed by atoms with van der Waals surface area (Å²) in [6.07, 6.45) is 0.691. The van der Waals surface area contributed by atoms with E-state index >= 15 is 0 Å². The Hall–Kier alpha value is -1.88. The predicted octanol–water partition coefficient (Wildman–Crippen LogP) is 0.523. The molecule has 5 nitrogen and oxygen atoms in total. The van der Waals surface area contributed by atoms with Gasteiger partial charge >= 0.3 is 0 Å². The Bertz CT molecular complexity index is 667.